The van der Waals surface area contributed by atoms with Crippen LogP contribution in [0.5, 0.6) is 0 Å². The number of amides is 4. The van der Waals surface area contributed by atoms with Crippen molar-refractivity contribution in [1.82, 2.24) is 10.6 Å². The first-order chi connectivity index (χ1) is 19.0. The van der Waals surface area contributed by atoms with Crippen LogP contribution in [0.2, 0.25) is 0 Å². The lowest BCUT2D eigenvalue weighted by molar-refractivity contribution is -0.141. The van der Waals surface area contributed by atoms with Gasteiger partial charge in [-0.15, -0.1) is 0 Å². The Morgan fingerprint density at radius 1 is 0.875 bits per heavy atom. The van der Waals surface area contributed by atoms with Crippen molar-refractivity contribution in [3.8, 4) is 0 Å². The van der Waals surface area contributed by atoms with Gasteiger partial charge in [0.1, 0.15) is 12.1 Å². The minimum atomic E-state index is -1.18. The van der Waals surface area contributed by atoms with Gasteiger partial charge < -0.3 is 26.8 Å². The number of aliphatic carboxylic acids is 1. The molecule has 0 aliphatic rings. The summed E-state index contributed by atoms with van der Waals surface area (Å²) in [4.78, 5) is 48.4. The van der Waals surface area contributed by atoms with Gasteiger partial charge in [-0.1, -0.05) is 53.1 Å². The van der Waals surface area contributed by atoms with Gasteiger partial charge in [0.2, 0.25) is 11.8 Å². The highest BCUT2D eigenvalue weighted by atomic mass is 32.2. The molecule has 1 aromatic rings. The summed E-state index contributed by atoms with van der Waals surface area (Å²) < 4.78 is 0. The first-order valence-electron chi connectivity index (χ1n) is 13.4. The number of rotatable bonds is 18. The number of primary amides is 1. The van der Waals surface area contributed by atoms with Crippen LogP contribution in [0.25, 0.3) is 0 Å². The van der Waals surface area contributed by atoms with Crippen molar-refractivity contribution < 1.29 is 24.3 Å². The van der Waals surface area contributed by atoms with Crippen molar-refractivity contribution in [2.45, 2.75) is 78.3 Å². The summed E-state index contributed by atoms with van der Waals surface area (Å²) in [6.07, 6.45) is 10.4. The molecule has 0 radical (unpaired) electrons. The molecule has 1 rings (SSSR count). The Hall–Kier alpha value is -3.53. The Bertz CT molecular complexity index is 1070. The van der Waals surface area contributed by atoms with Gasteiger partial charge in [0.25, 0.3) is 0 Å². The molecule has 0 aliphatic carbocycles. The minimum absolute atomic E-state index is 0.0618. The van der Waals surface area contributed by atoms with E-state index in [2.05, 4.69) is 61.9 Å². The quantitative estimate of drug-likeness (QED) is 0.121. The summed E-state index contributed by atoms with van der Waals surface area (Å²) in [5.74, 6) is -1.76. The number of thioether (sulfide) groups is 1. The lowest BCUT2D eigenvalue weighted by atomic mass is 10.1. The van der Waals surface area contributed by atoms with Gasteiger partial charge >= 0.3 is 12.0 Å². The summed E-state index contributed by atoms with van der Waals surface area (Å²) in [7, 11) is 0. The third-order valence-electron chi connectivity index (χ3n) is 5.90. The third kappa shape index (κ3) is 16.4. The van der Waals surface area contributed by atoms with Crippen LogP contribution in [-0.2, 0) is 14.4 Å². The highest BCUT2D eigenvalue weighted by molar-refractivity contribution is 7.99. The molecule has 0 saturated heterocycles. The standard InChI is InChI=1S/C30H44N4O5S/c1-21(2)10-8-11-22(3)12-9-13-23(4)18-19-40-20-26(29(37)38)33-28(36)25(16-17-27(31)35)34-30(39)32-24-14-6-5-7-15-24/h5-7,10,12,14-15,18,25-26H,8-9,11,13,16-17,19-20H2,1-4H3,(H2,31,35)(H,33,36)(H,37,38)(H2,32,34,39). The topological polar surface area (TPSA) is 151 Å². The van der Waals surface area contributed by atoms with Gasteiger partial charge in [0.15, 0.2) is 0 Å². The van der Waals surface area contributed by atoms with Crippen molar-refractivity contribution >= 4 is 41.3 Å². The second-order valence-corrected chi connectivity index (χ2v) is 11.0. The van der Waals surface area contributed by atoms with E-state index in [-0.39, 0.29) is 18.6 Å². The number of allylic oxidation sites excluding steroid dienone is 5. The number of anilines is 1. The molecule has 4 amide bonds. The molecule has 0 spiro atoms. The van der Waals surface area contributed by atoms with Gasteiger partial charge in [0.05, 0.1) is 0 Å². The number of carboxylic acids is 1. The zero-order valence-electron chi connectivity index (χ0n) is 24.0. The first kappa shape index (κ1) is 34.5. The van der Waals surface area contributed by atoms with Gasteiger partial charge in [0, 0.05) is 23.6 Å². The van der Waals surface area contributed by atoms with Crippen LogP contribution < -0.4 is 21.7 Å². The average Bonchev–Trinajstić information content (AvgIpc) is 2.88. The minimum Gasteiger partial charge on any atom is -0.480 e. The molecular formula is C30H44N4O5S. The molecule has 0 fully saturated rings. The lowest BCUT2D eigenvalue weighted by Crippen LogP contribution is -2.53. The molecule has 0 aliphatic heterocycles. The number of carboxylic acid groups (broad SMARTS) is 1. The molecule has 0 aromatic heterocycles. The smallest absolute Gasteiger partial charge is 0.327 e. The van der Waals surface area contributed by atoms with E-state index in [1.165, 1.54) is 28.5 Å². The van der Waals surface area contributed by atoms with E-state index in [4.69, 9.17) is 5.73 Å². The van der Waals surface area contributed by atoms with E-state index in [9.17, 15) is 24.3 Å². The number of carbonyl (C=O) groups is 4. The zero-order valence-corrected chi connectivity index (χ0v) is 24.8. The Morgan fingerprint density at radius 2 is 1.50 bits per heavy atom. The van der Waals surface area contributed by atoms with E-state index in [0.717, 1.165) is 25.7 Å². The number of nitrogens with two attached hydrogens (primary N) is 1. The summed E-state index contributed by atoms with van der Waals surface area (Å²) in [5, 5.41) is 17.2. The van der Waals surface area contributed by atoms with E-state index < -0.39 is 35.9 Å². The zero-order chi connectivity index (χ0) is 29.9. The molecule has 2 atom stereocenters. The predicted octanol–water partition coefficient (Wildman–Crippen LogP) is 5.16. The fraction of sp³-hybridized carbons (Fsp3) is 0.467. The fourth-order valence-electron chi connectivity index (χ4n) is 3.58. The van der Waals surface area contributed by atoms with Gasteiger partial charge in [-0.3, -0.25) is 9.59 Å². The molecular weight excluding hydrogens is 528 g/mol. The van der Waals surface area contributed by atoms with E-state index >= 15 is 0 Å². The SMILES string of the molecule is CC(C)=CCCC(C)=CCCC(C)=CCSCC(NC(=O)C(CCC(N)=O)NC(=O)Nc1ccccc1)C(=O)O. The largest absolute Gasteiger partial charge is 0.480 e. The van der Waals surface area contributed by atoms with Gasteiger partial charge in [-0.25, -0.2) is 9.59 Å². The van der Waals surface area contributed by atoms with Crippen molar-refractivity contribution in [3.05, 3.63) is 65.3 Å². The van der Waals surface area contributed by atoms with Crippen LogP contribution in [0, 0.1) is 0 Å². The maximum atomic E-state index is 12.9. The Morgan fingerprint density at radius 3 is 2.10 bits per heavy atom. The monoisotopic (exact) mass is 572 g/mol. The highest BCUT2D eigenvalue weighted by Crippen LogP contribution is 2.13. The maximum Gasteiger partial charge on any atom is 0.327 e. The molecule has 6 N–H and O–H groups in total. The number of hydrogen-bond acceptors (Lipinski definition) is 5. The number of benzene rings is 1. The number of para-hydroxylation sites is 1. The van der Waals surface area contributed by atoms with Crippen LogP contribution in [0.15, 0.2) is 65.3 Å². The van der Waals surface area contributed by atoms with Crippen molar-refractivity contribution in [3.63, 3.8) is 0 Å². The summed E-state index contributed by atoms with van der Waals surface area (Å²) in [5.41, 5.74) is 9.66. The molecule has 0 bridgehead atoms. The highest BCUT2D eigenvalue weighted by Gasteiger charge is 2.27. The molecule has 0 saturated carbocycles. The van der Waals surface area contributed by atoms with Gasteiger partial charge in [-0.2, -0.15) is 11.8 Å². The number of carbonyl (C=O) groups excluding carboxylic acids is 3. The second-order valence-electron chi connectivity index (χ2n) is 9.92. The normalized spacial score (nSPS) is 13.1. The molecule has 2 unspecified atom stereocenters. The molecule has 1 aromatic carbocycles. The van der Waals surface area contributed by atoms with Crippen molar-refractivity contribution in [2.24, 2.45) is 5.73 Å². The lowest BCUT2D eigenvalue weighted by Gasteiger charge is -2.21. The number of urea groups is 1. The van der Waals surface area contributed by atoms with E-state index in [1.807, 2.05) is 0 Å². The predicted molar refractivity (Wildman–Crippen MR) is 163 cm³/mol. The van der Waals surface area contributed by atoms with Crippen LogP contribution >= 0.6 is 11.8 Å². The average molecular weight is 573 g/mol. The fourth-order valence-corrected chi connectivity index (χ4v) is 4.58. The summed E-state index contributed by atoms with van der Waals surface area (Å²) in [6, 6.07) is 5.68. The Kier molecular flexibility index (Phi) is 16.8. The molecule has 40 heavy (non-hydrogen) atoms. The molecule has 0 heterocycles. The molecule has 220 valence electrons. The maximum absolute atomic E-state index is 12.9. The molecule has 10 heteroatoms. The summed E-state index contributed by atoms with van der Waals surface area (Å²) in [6.45, 7) is 8.41. The summed E-state index contributed by atoms with van der Waals surface area (Å²) >= 11 is 1.39. The van der Waals surface area contributed by atoms with Crippen LogP contribution in [-0.4, -0.2) is 52.5 Å². The van der Waals surface area contributed by atoms with Crippen molar-refractivity contribution in [1.29, 1.82) is 0 Å². The number of nitrogens with one attached hydrogen (secondary N) is 3. The first-order valence-corrected chi connectivity index (χ1v) is 14.6. The Labute approximate surface area is 242 Å². The van der Waals surface area contributed by atoms with Crippen LogP contribution in [0.4, 0.5) is 10.5 Å². The van der Waals surface area contributed by atoms with Crippen LogP contribution in [0.1, 0.15) is 66.2 Å². The van der Waals surface area contributed by atoms with Crippen molar-refractivity contribution in [2.75, 3.05) is 16.8 Å². The van der Waals surface area contributed by atoms with Gasteiger partial charge in [-0.05, 0) is 71.9 Å². The van der Waals surface area contributed by atoms with Crippen LogP contribution in [0.3, 0.4) is 0 Å². The number of hydrogen-bond donors (Lipinski definition) is 5. The van der Waals surface area contributed by atoms with E-state index in [0.29, 0.717) is 11.4 Å². The van der Waals surface area contributed by atoms with E-state index in [1.54, 1.807) is 30.3 Å². The second kappa shape index (κ2) is 19.5. The Balaban J connectivity index is 2.59. The third-order valence-corrected chi connectivity index (χ3v) is 6.88. The molecule has 9 nitrogen and oxygen atoms in total.